The van der Waals surface area contributed by atoms with Gasteiger partial charge in [-0.15, -0.1) is 11.8 Å². The average molecular weight is 376 g/mol. The molecule has 7 heteroatoms. The molecule has 0 aliphatic rings. The maximum atomic E-state index is 14.1. The molecule has 2 atom stereocenters. The molecule has 0 spiro atoms. The molecule has 1 aromatic rings. The van der Waals surface area contributed by atoms with Gasteiger partial charge < -0.3 is 10.1 Å². The number of carbonyl (C=O) groups excluding carboxylic acids is 2. The van der Waals surface area contributed by atoms with Crippen LogP contribution in [0.15, 0.2) is 17.0 Å². The van der Waals surface area contributed by atoms with Crippen LogP contribution in [0.4, 0.5) is 10.1 Å². The number of hydrogen-bond donors (Lipinski definition) is 1. The largest absolute Gasteiger partial charge is 0.465 e. The minimum absolute atomic E-state index is 0.0610. The third-order valence-corrected chi connectivity index (χ3v) is 4.93. The smallest absolute Gasteiger partial charge is 0.319 e. The van der Waals surface area contributed by atoms with E-state index in [-0.39, 0.29) is 35.1 Å². The fourth-order valence-electron chi connectivity index (χ4n) is 2.03. The van der Waals surface area contributed by atoms with E-state index in [1.807, 2.05) is 6.92 Å². The van der Waals surface area contributed by atoms with Crippen molar-refractivity contribution in [1.82, 2.24) is 0 Å². The monoisotopic (exact) mass is 375 g/mol. The molecular weight excluding hydrogens is 353 g/mol. The maximum absolute atomic E-state index is 14.1. The molecular formula is C17H23ClFNO3S. The highest BCUT2D eigenvalue weighted by molar-refractivity contribution is 8.00. The number of rotatable bonds is 8. The van der Waals surface area contributed by atoms with Crippen molar-refractivity contribution in [1.29, 1.82) is 0 Å². The lowest BCUT2D eigenvalue weighted by atomic mass is 10.1. The minimum atomic E-state index is -0.606. The maximum Gasteiger partial charge on any atom is 0.319 e. The lowest BCUT2D eigenvalue weighted by Gasteiger charge is -2.15. The Labute approximate surface area is 151 Å². The first kappa shape index (κ1) is 20.8. The van der Waals surface area contributed by atoms with Crippen molar-refractivity contribution in [3.63, 3.8) is 0 Å². The van der Waals surface area contributed by atoms with Gasteiger partial charge in [-0.3, -0.25) is 9.59 Å². The molecule has 0 aromatic heterocycles. The van der Waals surface area contributed by atoms with Crippen LogP contribution in [-0.2, 0) is 14.3 Å². The first-order valence-electron chi connectivity index (χ1n) is 7.93. The summed E-state index contributed by atoms with van der Waals surface area (Å²) in [4.78, 5) is 24.3. The highest BCUT2D eigenvalue weighted by Gasteiger charge is 2.20. The predicted molar refractivity (Wildman–Crippen MR) is 96.1 cm³/mol. The molecule has 0 saturated heterocycles. The Bertz CT molecular complexity index is 597. The zero-order valence-electron chi connectivity index (χ0n) is 14.3. The molecule has 0 heterocycles. The topological polar surface area (TPSA) is 55.4 Å². The summed E-state index contributed by atoms with van der Waals surface area (Å²) in [7, 11) is 0. The molecule has 2 unspecified atom stereocenters. The number of halogens is 2. The summed E-state index contributed by atoms with van der Waals surface area (Å²) in [5, 5.41) is 2.29. The summed E-state index contributed by atoms with van der Waals surface area (Å²) in [6, 6.07) is 2.59. The molecule has 1 amide bonds. The summed E-state index contributed by atoms with van der Waals surface area (Å²) in [5.74, 6) is -1.43. The third kappa shape index (κ3) is 5.98. The van der Waals surface area contributed by atoms with Gasteiger partial charge in [-0.05, 0) is 32.4 Å². The molecule has 0 bridgehead atoms. The van der Waals surface area contributed by atoms with Crippen LogP contribution in [-0.4, -0.2) is 23.7 Å². The van der Waals surface area contributed by atoms with Crippen LogP contribution in [0.5, 0.6) is 0 Å². The Balaban J connectivity index is 2.92. The second kappa shape index (κ2) is 9.89. The normalized spacial score (nSPS) is 13.2. The Hall–Kier alpha value is -1.27. The Morgan fingerprint density at radius 3 is 2.58 bits per heavy atom. The fraction of sp³-hybridized carbons (Fsp3) is 0.529. The second-order valence-electron chi connectivity index (χ2n) is 5.45. The summed E-state index contributed by atoms with van der Waals surface area (Å²) in [6.07, 6.45) is 1.60. The van der Waals surface area contributed by atoms with Crippen LogP contribution >= 0.6 is 23.4 Å². The number of ether oxygens (including phenoxy) is 1. The molecule has 1 N–H and O–H groups in total. The standard InChI is InChI=1S/C17H23ClFNO3S/c1-5-7-10(3)16(21)20-14-9-15(12(18)8-13(14)19)24-11(4)17(22)23-6-2/h8-11H,5-7H2,1-4H3,(H,20,21). The van der Waals surface area contributed by atoms with E-state index in [0.29, 0.717) is 4.90 Å². The number of hydrogen-bond acceptors (Lipinski definition) is 4. The number of nitrogens with one attached hydrogen (secondary N) is 1. The van der Waals surface area contributed by atoms with Gasteiger partial charge in [0.15, 0.2) is 0 Å². The number of benzene rings is 1. The molecule has 0 radical (unpaired) electrons. The lowest BCUT2D eigenvalue weighted by molar-refractivity contribution is -0.142. The van der Waals surface area contributed by atoms with Gasteiger partial charge in [-0.1, -0.05) is 31.9 Å². The van der Waals surface area contributed by atoms with Crippen molar-refractivity contribution in [2.24, 2.45) is 5.92 Å². The number of carbonyl (C=O) groups is 2. The highest BCUT2D eigenvalue weighted by Crippen LogP contribution is 2.35. The van der Waals surface area contributed by atoms with Crippen LogP contribution in [0, 0.1) is 11.7 Å². The van der Waals surface area contributed by atoms with Crippen molar-refractivity contribution < 1.29 is 18.7 Å². The van der Waals surface area contributed by atoms with Crippen molar-refractivity contribution in [2.75, 3.05) is 11.9 Å². The summed E-state index contributed by atoms with van der Waals surface area (Å²) in [5.41, 5.74) is 0.0610. The summed E-state index contributed by atoms with van der Waals surface area (Å²) >= 11 is 7.21. The molecule has 4 nitrogen and oxygen atoms in total. The van der Waals surface area contributed by atoms with Crippen molar-refractivity contribution in [3.8, 4) is 0 Å². The summed E-state index contributed by atoms with van der Waals surface area (Å²) in [6.45, 7) is 7.48. The predicted octanol–water partition coefficient (Wildman–Crippen LogP) is 4.90. The van der Waals surface area contributed by atoms with Gasteiger partial charge in [-0.2, -0.15) is 0 Å². The van der Waals surface area contributed by atoms with Crippen molar-refractivity contribution >= 4 is 40.9 Å². The van der Waals surface area contributed by atoms with Crippen LogP contribution in [0.3, 0.4) is 0 Å². The van der Waals surface area contributed by atoms with E-state index < -0.39 is 11.1 Å². The van der Waals surface area contributed by atoms with Gasteiger partial charge in [0, 0.05) is 10.8 Å². The van der Waals surface area contributed by atoms with E-state index in [0.717, 1.165) is 30.7 Å². The van der Waals surface area contributed by atoms with Gasteiger partial charge in [0.25, 0.3) is 0 Å². The number of esters is 1. The molecule has 0 fully saturated rings. The molecule has 1 aromatic carbocycles. The number of thioether (sulfide) groups is 1. The van der Waals surface area contributed by atoms with E-state index in [9.17, 15) is 14.0 Å². The van der Waals surface area contributed by atoms with Crippen LogP contribution in [0.2, 0.25) is 5.02 Å². The first-order chi connectivity index (χ1) is 11.3. The van der Waals surface area contributed by atoms with Crippen LogP contribution in [0.25, 0.3) is 0 Å². The second-order valence-corrected chi connectivity index (χ2v) is 7.24. The third-order valence-electron chi connectivity index (χ3n) is 3.37. The Morgan fingerprint density at radius 1 is 1.33 bits per heavy atom. The van der Waals surface area contributed by atoms with Crippen molar-refractivity contribution in [3.05, 3.63) is 23.0 Å². The molecule has 0 aliphatic carbocycles. The van der Waals surface area contributed by atoms with E-state index in [4.69, 9.17) is 16.3 Å². The van der Waals surface area contributed by atoms with E-state index >= 15 is 0 Å². The zero-order valence-corrected chi connectivity index (χ0v) is 15.9. The van der Waals surface area contributed by atoms with E-state index in [1.165, 1.54) is 6.07 Å². The number of amides is 1. The fourth-order valence-corrected chi connectivity index (χ4v) is 3.22. The first-order valence-corrected chi connectivity index (χ1v) is 9.19. The molecule has 134 valence electrons. The van der Waals surface area contributed by atoms with E-state index in [2.05, 4.69) is 5.32 Å². The summed E-state index contributed by atoms with van der Waals surface area (Å²) < 4.78 is 19.0. The Kier molecular flexibility index (Phi) is 8.56. The minimum Gasteiger partial charge on any atom is -0.465 e. The number of anilines is 1. The SMILES string of the molecule is CCCC(C)C(=O)Nc1cc(SC(C)C(=O)OCC)c(Cl)cc1F. The Morgan fingerprint density at radius 2 is 2.00 bits per heavy atom. The molecule has 1 rings (SSSR count). The van der Waals surface area contributed by atoms with Gasteiger partial charge >= 0.3 is 5.97 Å². The van der Waals surface area contributed by atoms with E-state index in [1.54, 1.807) is 20.8 Å². The molecule has 24 heavy (non-hydrogen) atoms. The van der Waals surface area contributed by atoms with Gasteiger partial charge in [0.2, 0.25) is 5.91 Å². The van der Waals surface area contributed by atoms with Gasteiger partial charge in [-0.25, -0.2) is 4.39 Å². The zero-order chi connectivity index (χ0) is 18.3. The lowest BCUT2D eigenvalue weighted by Crippen LogP contribution is -2.21. The van der Waals surface area contributed by atoms with Crippen LogP contribution < -0.4 is 5.32 Å². The average Bonchev–Trinajstić information content (AvgIpc) is 2.52. The van der Waals surface area contributed by atoms with Gasteiger partial charge in [0.1, 0.15) is 11.1 Å². The quantitative estimate of drug-likeness (QED) is 0.518. The van der Waals surface area contributed by atoms with Gasteiger partial charge in [0.05, 0.1) is 17.3 Å². The van der Waals surface area contributed by atoms with Crippen LogP contribution in [0.1, 0.15) is 40.5 Å². The van der Waals surface area contributed by atoms with Crippen molar-refractivity contribution in [2.45, 2.75) is 50.7 Å². The highest BCUT2D eigenvalue weighted by atomic mass is 35.5. The molecule has 0 aliphatic heterocycles. The molecule has 0 saturated carbocycles.